The Bertz CT molecular complexity index is 1300. The Hall–Kier alpha value is -4.09. The monoisotopic (exact) mass is 483 g/mol. The summed E-state index contributed by atoms with van der Waals surface area (Å²) < 4.78 is 32.6. The Kier molecular flexibility index (Phi) is 7.71. The number of esters is 1. The van der Waals surface area contributed by atoms with E-state index in [9.17, 15) is 28.1 Å². The van der Waals surface area contributed by atoms with Crippen LogP contribution in [0.5, 0.6) is 0 Å². The molecule has 11 heteroatoms. The van der Waals surface area contributed by atoms with Gasteiger partial charge in [-0.3, -0.25) is 19.7 Å². The summed E-state index contributed by atoms with van der Waals surface area (Å²) in [6, 6.07) is 19.9. The molecule has 1 atom stereocenters. The lowest BCUT2D eigenvalue weighted by molar-refractivity contribution is -0.384. The number of carbonyl (C=O) groups excluding carboxylic acids is 2. The number of sulfonamides is 1. The number of rotatable bonds is 10. The van der Waals surface area contributed by atoms with E-state index in [1.807, 2.05) is 0 Å². The fourth-order valence-electron chi connectivity index (χ4n) is 3.11. The largest absolute Gasteiger partial charge is 0.448 e. The number of hydrogen-bond donors (Lipinski definition) is 2. The van der Waals surface area contributed by atoms with Crippen molar-refractivity contribution in [3.05, 3.63) is 100 Å². The van der Waals surface area contributed by atoms with E-state index in [1.54, 1.807) is 60.7 Å². The van der Waals surface area contributed by atoms with Gasteiger partial charge >= 0.3 is 5.97 Å². The lowest BCUT2D eigenvalue weighted by Gasteiger charge is -2.18. The summed E-state index contributed by atoms with van der Waals surface area (Å²) in [5.74, 6) is -1.47. The predicted molar refractivity (Wildman–Crippen MR) is 124 cm³/mol. The molecule has 3 aromatic rings. The molecule has 0 saturated heterocycles. The molecular weight excluding hydrogens is 462 g/mol. The molecule has 1 unspecified atom stereocenters. The molecule has 0 fully saturated rings. The number of ketones is 1. The SMILES string of the molecule is CNc1ccc(S(=O)(=O)NCC(=O)OC(C(=O)c2ccccc2)c2ccccc2)cc1[N+](=O)[O-]. The molecule has 0 heterocycles. The first kappa shape index (κ1) is 24.6. The highest BCUT2D eigenvalue weighted by Gasteiger charge is 2.27. The van der Waals surface area contributed by atoms with Crippen molar-refractivity contribution in [3.63, 3.8) is 0 Å². The van der Waals surface area contributed by atoms with Crippen LogP contribution in [0.15, 0.2) is 83.8 Å². The van der Waals surface area contributed by atoms with Gasteiger partial charge in [-0.15, -0.1) is 0 Å². The summed E-state index contributed by atoms with van der Waals surface area (Å²) in [4.78, 5) is 35.6. The highest BCUT2D eigenvalue weighted by atomic mass is 32.2. The van der Waals surface area contributed by atoms with Crippen molar-refractivity contribution in [2.75, 3.05) is 18.9 Å². The number of nitrogens with zero attached hydrogens (tertiary/aromatic N) is 1. The van der Waals surface area contributed by atoms with Crippen LogP contribution in [0.4, 0.5) is 11.4 Å². The third-order valence-corrected chi connectivity index (χ3v) is 6.20. The predicted octanol–water partition coefficient (Wildman–Crippen LogP) is 3.08. The number of anilines is 1. The second-order valence-corrected chi connectivity index (χ2v) is 8.79. The molecule has 0 spiro atoms. The summed E-state index contributed by atoms with van der Waals surface area (Å²) in [5.41, 5.74) is 0.437. The van der Waals surface area contributed by atoms with E-state index in [2.05, 4.69) is 10.0 Å². The highest BCUT2D eigenvalue weighted by Crippen LogP contribution is 2.27. The third kappa shape index (κ3) is 5.82. The lowest BCUT2D eigenvalue weighted by Crippen LogP contribution is -2.32. The molecule has 0 aliphatic heterocycles. The highest BCUT2D eigenvalue weighted by molar-refractivity contribution is 7.89. The summed E-state index contributed by atoms with van der Waals surface area (Å²) in [6.45, 7) is -0.782. The van der Waals surface area contributed by atoms with E-state index in [0.717, 1.165) is 12.1 Å². The van der Waals surface area contributed by atoms with Crippen molar-refractivity contribution in [2.45, 2.75) is 11.0 Å². The number of carbonyl (C=O) groups is 2. The second-order valence-electron chi connectivity index (χ2n) is 7.02. The van der Waals surface area contributed by atoms with Gasteiger partial charge in [0, 0.05) is 24.2 Å². The topological polar surface area (TPSA) is 145 Å². The maximum absolute atomic E-state index is 13.0. The van der Waals surface area contributed by atoms with Gasteiger partial charge in [0.05, 0.1) is 9.82 Å². The molecule has 10 nitrogen and oxygen atoms in total. The van der Waals surface area contributed by atoms with E-state index in [-0.39, 0.29) is 5.69 Å². The molecular formula is C23H21N3O7S. The molecule has 2 N–H and O–H groups in total. The van der Waals surface area contributed by atoms with Gasteiger partial charge in [-0.1, -0.05) is 60.7 Å². The minimum absolute atomic E-state index is 0.133. The average Bonchev–Trinajstić information content (AvgIpc) is 2.86. The summed E-state index contributed by atoms with van der Waals surface area (Å²) >= 11 is 0. The first-order valence-corrected chi connectivity index (χ1v) is 11.5. The Morgan fingerprint density at radius 1 is 1.00 bits per heavy atom. The van der Waals surface area contributed by atoms with Crippen LogP contribution in [0.3, 0.4) is 0 Å². The molecule has 0 aromatic heterocycles. The number of nitro benzene ring substituents is 1. The Morgan fingerprint density at radius 2 is 1.62 bits per heavy atom. The number of hydrogen-bond acceptors (Lipinski definition) is 8. The van der Waals surface area contributed by atoms with Crippen LogP contribution >= 0.6 is 0 Å². The molecule has 34 heavy (non-hydrogen) atoms. The second kappa shape index (κ2) is 10.7. The lowest BCUT2D eigenvalue weighted by atomic mass is 10.00. The zero-order valence-electron chi connectivity index (χ0n) is 18.0. The number of ether oxygens (including phenoxy) is 1. The van der Waals surface area contributed by atoms with Crippen molar-refractivity contribution in [2.24, 2.45) is 0 Å². The van der Waals surface area contributed by atoms with Crippen LogP contribution in [0.1, 0.15) is 22.0 Å². The van der Waals surface area contributed by atoms with Crippen molar-refractivity contribution >= 4 is 33.2 Å². The first-order valence-electron chi connectivity index (χ1n) is 10.0. The van der Waals surface area contributed by atoms with Crippen molar-refractivity contribution in [1.29, 1.82) is 0 Å². The minimum Gasteiger partial charge on any atom is -0.448 e. The maximum atomic E-state index is 13.0. The number of nitro groups is 1. The molecule has 0 aliphatic rings. The molecule has 0 amide bonds. The molecule has 3 aromatic carbocycles. The van der Waals surface area contributed by atoms with E-state index in [0.29, 0.717) is 11.1 Å². The summed E-state index contributed by atoms with van der Waals surface area (Å²) in [5, 5.41) is 13.8. The Morgan fingerprint density at radius 3 is 2.21 bits per heavy atom. The number of Topliss-reactive ketones (excluding diaryl/α,β-unsaturated/α-hetero) is 1. The molecule has 0 saturated carbocycles. The maximum Gasteiger partial charge on any atom is 0.322 e. The fraction of sp³-hybridized carbons (Fsp3) is 0.130. The van der Waals surface area contributed by atoms with E-state index < -0.39 is 49.9 Å². The molecule has 0 aliphatic carbocycles. The Balaban J connectivity index is 1.77. The van der Waals surface area contributed by atoms with Crippen molar-refractivity contribution in [1.82, 2.24) is 4.72 Å². The van der Waals surface area contributed by atoms with Crippen LogP contribution in [0, 0.1) is 10.1 Å². The van der Waals surface area contributed by atoms with E-state index >= 15 is 0 Å². The van der Waals surface area contributed by atoms with Gasteiger partial charge in [0.2, 0.25) is 15.8 Å². The van der Waals surface area contributed by atoms with E-state index in [1.165, 1.54) is 13.1 Å². The zero-order chi connectivity index (χ0) is 24.7. The molecule has 0 radical (unpaired) electrons. The number of nitrogens with one attached hydrogen (secondary N) is 2. The van der Waals surface area contributed by atoms with Crippen LogP contribution < -0.4 is 10.0 Å². The van der Waals surface area contributed by atoms with Gasteiger partial charge in [0.25, 0.3) is 5.69 Å². The standard InChI is InChI=1S/C23H21N3O7S/c1-24-19-13-12-18(14-20(19)26(29)30)34(31,32)25-15-21(27)33-23(17-10-6-3-7-11-17)22(28)16-8-4-2-5-9-16/h2-14,23-25H,15H2,1H3. The van der Waals surface area contributed by atoms with Gasteiger partial charge in [-0.05, 0) is 12.1 Å². The zero-order valence-corrected chi connectivity index (χ0v) is 18.8. The average molecular weight is 484 g/mol. The quantitative estimate of drug-likeness (QED) is 0.194. The van der Waals surface area contributed by atoms with Gasteiger partial charge in [-0.25, -0.2) is 8.42 Å². The fourth-order valence-corrected chi connectivity index (χ4v) is 4.09. The summed E-state index contributed by atoms with van der Waals surface area (Å²) in [7, 11) is -2.81. The Labute approximate surface area is 195 Å². The smallest absolute Gasteiger partial charge is 0.322 e. The first-order chi connectivity index (χ1) is 16.2. The minimum atomic E-state index is -4.28. The molecule has 0 bridgehead atoms. The normalized spacial score (nSPS) is 11.9. The van der Waals surface area contributed by atoms with Crippen LogP contribution in [-0.2, 0) is 19.6 Å². The van der Waals surface area contributed by atoms with Crippen LogP contribution in [-0.4, -0.2) is 38.7 Å². The van der Waals surface area contributed by atoms with Crippen LogP contribution in [0.2, 0.25) is 0 Å². The third-order valence-electron chi connectivity index (χ3n) is 4.80. The van der Waals surface area contributed by atoms with E-state index in [4.69, 9.17) is 4.74 Å². The van der Waals surface area contributed by atoms with Gasteiger partial charge in [-0.2, -0.15) is 4.72 Å². The van der Waals surface area contributed by atoms with Crippen molar-refractivity contribution < 1.29 is 27.7 Å². The van der Waals surface area contributed by atoms with Gasteiger partial charge in [0.15, 0.2) is 6.10 Å². The van der Waals surface area contributed by atoms with Gasteiger partial charge < -0.3 is 10.1 Å². The summed E-state index contributed by atoms with van der Waals surface area (Å²) in [6.07, 6.45) is -1.28. The number of benzene rings is 3. The van der Waals surface area contributed by atoms with Gasteiger partial charge in [0.1, 0.15) is 12.2 Å². The molecule has 176 valence electrons. The van der Waals surface area contributed by atoms with Crippen molar-refractivity contribution in [3.8, 4) is 0 Å². The van der Waals surface area contributed by atoms with Crippen LogP contribution in [0.25, 0.3) is 0 Å². The molecule has 3 rings (SSSR count).